The Labute approximate surface area is 173 Å². The molecule has 4 rings (SSSR count). The zero-order valence-corrected chi connectivity index (χ0v) is 17.1. The molecule has 0 amide bonds. The Kier molecular flexibility index (Phi) is 5.19. The first-order valence-corrected chi connectivity index (χ1v) is 8.19. The molecule has 0 aliphatic carbocycles. The van der Waals surface area contributed by atoms with E-state index in [1.165, 1.54) is 0 Å². The minimum absolute atomic E-state index is 0. The topological polar surface area (TPSA) is 58.0 Å². The third-order valence-electron chi connectivity index (χ3n) is 4.68. The zero-order valence-electron chi connectivity index (χ0n) is 15.1. The molecule has 0 saturated heterocycles. The molecule has 0 spiro atoms. The third kappa shape index (κ3) is 3.05. The number of carbonyl (C=O) groups is 1. The average molecular weight is 352 g/mol. The van der Waals surface area contributed by atoms with Crippen molar-refractivity contribution in [2.45, 2.75) is 20.4 Å². The first-order chi connectivity index (χ1) is 12.1. The fourth-order valence-electron chi connectivity index (χ4n) is 3.55. The van der Waals surface area contributed by atoms with Crippen molar-refractivity contribution in [1.82, 2.24) is 9.55 Å². The number of nitrogens with zero attached hydrogens (tertiary/aromatic N) is 2. The zero-order chi connectivity index (χ0) is 17.6. The number of aryl methyl sites for hydroxylation is 1. The molecular weight excluding hydrogens is 335 g/mol. The maximum atomic E-state index is 11.2. The molecule has 2 aromatic heterocycles. The second kappa shape index (κ2) is 7.23. The predicted octanol–water partition coefficient (Wildman–Crippen LogP) is 0.227. The number of carboxylic acids is 1. The van der Waals surface area contributed by atoms with Crippen LogP contribution in [-0.4, -0.2) is 15.5 Å². The third-order valence-corrected chi connectivity index (χ3v) is 4.68. The van der Waals surface area contributed by atoms with Gasteiger partial charge in [-0.05, 0) is 37.4 Å². The normalized spacial score (nSPS) is 10.8. The summed E-state index contributed by atoms with van der Waals surface area (Å²) in [6.45, 7) is 3.80. The van der Waals surface area contributed by atoms with Crippen molar-refractivity contribution in [3.05, 3.63) is 66.0 Å². The number of hydrogen-bond donors (Lipinski definition) is 0. The number of aliphatic carboxylic acids is 1. The van der Waals surface area contributed by atoms with Crippen LogP contribution in [0, 0.1) is 13.8 Å². The van der Waals surface area contributed by atoms with E-state index in [1.54, 1.807) is 10.8 Å². The van der Waals surface area contributed by atoms with Gasteiger partial charge in [-0.3, -0.25) is 4.98 Å². The molecule has 0 aliphatic rings. The SMILES string of the molecule is Cc1ccc2c(c1)c(-c1nccc3ccccc13)c(C)n2CC(=O)[O-].[Na+]. The maximum Gasteiger partial charge on any atom is 1.00 e. The number of carbonyl (C=O) groups excluding carboxylic acids is 1. The quantitative estimate of drug-likeness (QED) is 0.496. The van der Waals surface area contributed by atoms with Crippen LogP contribution in [0.4, 0.5) is 0 Å². The molecule has 4 nitrogen and oxygen atoms in total. The van der Waals surface area contributed by atoms with Crippen molar-refractivity contribution in [1.29, 1.82) is 0 Å². The fourth-order valence-corrected chi connectivity index (χ4v) is 3.55. The van der Waals surface area contributed by atoms with Gasteiger partial charge in [0.05, 0.1) is 18.2 Å². The second-order valence-corrected chi connectivity index (χ2v) is 6.32. The van der Waals surface area contributed by atoms with Crippen LogP contribution in [-0.2, 0) is 11.3 Å². The molecule has 0 bridgehead atoms. The molecule has 0 unspecified atom stereocenters. The number of hydrogen-bond acceptors (Lipinski definition) is 3. The van der Waals surface area contributed by atoms with Crippen LogP contribution in [0.5, 0.6) is 0 Å². The van der Waals surface area contributed by atoms with Gasteiger partial charge in [-0.25, -0.2) is 0 Å². The molecule has 0 N–H and O–H groups in total. The van der Waals surface area contributed by atoms with Crippen LogP contribution in [0.15, 0.2) is 54.7 Å². The molecule has 2 aromatic carbocycles. The minimum atomic E-state index is -1.10. The van der Waals surface area contributed by atoms with Gasteiger partial charge in [0.25, 0.3) is 0 Å². The average Bonchev–Trinajstić information content (AvgIpc) is 2.85. The fraction of sp³-hybridized carbons (Fsp3) is 0.143. The molecule has 0 fully saturated rings. The van der Waals surface area contributed by atoms with E-state index in [0.717, 1.165) is 44.2 Å². The summed E-state index contributed by atoms with van der Waals surface area (Å²) in [7, 11) is 0. The summed E-state index contributed by atoms with van der Waals surface area (Å²) >= 11 is 0. The van der Waals surface area contributed by atoms with Crippen molar-refractivity contribution in [3.8, 4) is 11.3 Å². The Morgan fingerprint density at radius 3 is 2.62 bits per heavy atom. The van der Waals surface area contributed by atoms with Crippen LogP contribution >= 0.6 is 0 Å². The van der Waals surface area contributed by atoms with Gasteiger partial charge in [0.1, 0.15) is 0 Å². The molecule has 5 heteroatoms. The molecule has 0 radical (unpaired) electrons. The number of fused-ring (bicyclic) bond motifs is 2. The molecule has 0 saturated carbocycles. The Balaban J connectivity index is 0.00000196. The van der Waals surface area contributed by atoms with Crippen molar-refractivity contribution in [2.24, 2.45) is 0 Å². The predicted molar refractivity (Wildman–Crippen MR) is 97.2 cm³/mol. The van der Waals surface area contributed by atoms with Gasteiger partial charge >= 0.3 is 29.6 Å². The minimum Gasteiger partial charge on any atom is -0.548 e. The monoisotopic (exact) mass is 352 g/mol. The van der Waals surface area contributed by atoms with Crippen LogP contribution in [0.1, 0.15) is 11.3 Å². The van der Waals surface area contributed by atoms with E-state index in [-0.39, 0.29) is 36.1 Å². The van der Waals surface area contributed by atoms with E-state index in [4.69, 9.17) is 0 Å². The molecular formula is C21H17N2NaO2. The number of benzene rings is 2. The van der Waals surface area contributed by atoms with Crippen molar-refractivity contribution >= 4 is 27.6 Å². The van der Waals surface area contributed by atoms with Gasteiger partial charge in [0.15, 0.2) is 0 Å². The van der Waals surface area contributed by atoms with Crippen molar-refractivity contribution < 1.29 is 39.5 Å². The smallest absolute Gasteiger partial charge is 0.548 e. The summed E-state index contributed by atoms with van der Waals surface area (Å²) in [5.74, 6) is -1.10. The summed E-state index contributed by atoms with van der Waals surface area (Å²) in [5, 5.41) is 14.4. The Morgan fingerprint density at radius 1 is 1.08 bits per heavy atom. The molecule has 26 heavy (non-hydrogen) atoms. The summed E-state index contributed by atoms with van der Waals surface area (Å²) in [5.41, 5.74) is 4.75. The Hall–Kier alpha value is -2.14. The van der Waals surface area contributed by atoms with Gasteiger partial charge < -0.3 is 14.5 Å². The number of carboxylic acid groups (broad SMARTS) is 1. The van der Waals surface area contributed by atoms with Crippen LogP contribution in [0.2, 0.25) is 0 Å². The van der Waals surface area contributed by atoms with E-state index in [0.29, 0.717) is 0 Å². The molecule has 124 valence electrons. The van der Waals surface area contributed by atoms with Crippen molar-refractivity contribution in [3.63, 3.8) is 0 Å². The largest absolute Gasteiger partial charge is 1.00 e. The van der Waals surface area contributed by atoms with E-state index in [1.807, 2.05) is 44.2 Å². The number of rotatable bonds is 3. The van der Waals surface area contributed by atoms with E-state index < -0.39 is 5.97 Å². The van der Waals surface area contributed by atoms with Crippen molar-refractivity contribution in [2.75, 3.05) is 0 Å². The summed E-state index contributed by atoms with van der Waals surface area (Å²) in [6.07, 6.45) is 1.80. The second-order valence-electron chi connectivity index (χ2n) is 6.32. The van der Waals surface area contributed by atoms with E-state index >= 15 is 0 Å². The van der Waals surface area contributed by atoms with Crippen LogP contribution in [0.25, 0.3) is 32.9 Å². The summed E-state index contributed by atoms with van der Waals surface area (Å²) in [6, 6.07) is 16.1. The molecule has 0 aliphatic heterocycles. The first-order valence-electron chi connectivity index (χ1n) is 8.19. The molecule has 2 heterocycles. The molecule has 0 atom stereocenters. The summed E-state index contributed by atoms with van der Waals surface area (Å²) in [4.78, 5) is 15.9. The number of aromatic nitrogens is 2. The standard InChI is InChI=1S/C21H18N2O2.Na/c1-13-7-8-18-17(11-13)20(14(2)23(18)12-19(24)25)21-16-6-4-3-5-15(16)9-10-22-21;/h3-11H,12H2,1-2H3,(H,24,25);/q;+1/p-1. The van der Waals surface area contributed by atoms with E-state index in [9.17, 15) is 9.90 Å². The van der Waals surface area contributed by atoms with Crippen LogP contribution in [0.3, 0.4) is 0 Å². The van der Waals surface area contributed by atoms with Gasteiger partial charge in [-0.15, -0.1) is 0 Å². The Bertz CT molecular complexity index is 1130. The van der Waals surface area contributed by atoms with Gasteiger partial charge in [0.2, 0.25) is 0 Å². The van der Waals surface area contributed by atoms with Gasteiger partial charge in [-0.2, -0.15) is 0 Å². The number of pyridine rings is 1. The first kappa shape index (κ1) is 18.6. The Morgan fingerprint density at radius 2 is 1.85 bits per heavy atom. The van der Waals surface area contributed by atoms with Gasteiger partial charge in [-0.1, -0.05) is 35.9 Å². The van der Waals surface area contributed by atoms with E-state index in [2.05, 4.69) is 23.2 Å². The van der Waals surface area contributed by atoms with Gasteiger partial charge in [0, 0.05) is 33.7 Å². The molecule has 4 aromatic rings. The summed E-state index contributed by atoms with van der Waals surface area (Å²) < 4.78 is 1.79. The maximum absolute atomic E-state index is 11.2. The van der Waals surface area contributed by atoms with Crippen LogP contribution < -0.4 is 34.7 Å².